The van der Waals surface area contributed by atoms with Crippen LogP contribution in [0.3, 0.4) is 0 Å². The number of hydrogen-bond acceptors (Lipinski definition) is 6. The van der Waals surface area contributed by atoms with Crippen molar-refractivity contribution in [1.82, 2.24) is 0 Å². The fraction of sp³-hybridized carbons (Fsp3) is 0.263. The lowest BCUT2D eigenvalue weighted by molar-refractivity contribution is -0.319. The van der Waals surface area contributed by atoms with Crippen LogP contribution >= 0.6 is 0 Å². The summed E-state index contributed by atoms with van der Waals surface area (Å²) >= 11 is 0. The average Bonchev–Trinajstić information content (AvgIpc) is 2.65. The normalized spacial score (nSPS) is 28.8. The highest BCUT2D eigenvalue weighted by atomic mass is 16.8. The Morgan fingerprint density at radius 3 is 2.04 bits per heavy atom. The van der Waals surface area contributed by atoms with Gasteiger partial charge in [-0.2, -0.15) is 0 Å². The van der Waals surface area contributed by atoms with Gasteiger partial charge in [0.15, 0.2) is 0 Å². The van der Waals surface area contributed by atoms with Crippen LogP contribution in [-0.2, 0) is 9.47 Å². The summed E-state index contributed by atoms with van der Waals surface area (Å²) in [7, 11) is 0. The van der Waals surface area contributed by atoms with Crippen molar-refractivity contribution in [1.29, 1.82) is 0 Å². The predicted molar refractivity (Wildman–Crippen MR) is 89.1 cm³/mol. The smallest absolute Gasteiger partial charge is 0.242 e. The van der Waals surface area contributed by atoms with E-state index in [1.807, 2.05) is 48.6 Å². The molecule has 0 saturated carbocycles. The van der Waals surface area contributed by atoms with Gasteiger partial charge in [-0.3, -0.25) is 4.74 Å². The van der Waals surface area contributed by atoms with Crippen molar-refractivity contribution < 1.29 is 29.5 Å². The Morgan fingerprint density at radius 2 is 1.40 bits per heavy atom. The van der Waals surface area contributed by atoms with Crippen LogP contribution < -0.4 is 4.74 Å². The molecule has 1 aliphatic heterocycles. The molecule has 3 rings (SSSR count). The van der Waals surface area contributed by atoms with Gasteiger partial charge < -0.3 is 24.8 Å². The molecular weight excluding hydrogens is 330 g/mol. The van der Waals surface area contributed by atoms with E-state index in [0.717, 1.165) is 11.1 Å². The Labute approximate surface area is 145 Å². The standard InChI is InChI=1S/C19H18O6/c1-2-23-18-16(21)15(20)17(22)19(25-18)24-14-10-8-13(9-11-14)12-6-4-3-5-7-12/h1,3-11,15-22H/t15-,16-,17+,18-,19+/m0/s1/i3+1,4+1,5+1,6+1,7+1,12+1. The van der Waals surface area contributed by atoms with Crippen LogP contribution in [0, 0.1) is 12.5 Å². The third-order valence-electron chi connectivity index (χ3n) is 3.92. The van der Waals surface area contributed by atoms with Gasteiger partial charge in [0.1, 0.15) is 30.2 Å². The van der Waals surface area contributed by atoms with Crippen LogP contribution in [-0.4, -0.2) is 46.2 Å². The molecule has 0 amide bonds. The molecule has 1 heterocycles. The SMILES string of the molecule is C#CO[C@H]1O[C@@H](Oc2ccc(-[13c]3[13cH][13cH][13cH][13cH][13cH]3)cc2)[C@H](O)[C@@H](O)[C@@H]1O. The summed E-state index contributed by atoms with van der Waals surface area (Å²) in [4.78, 5) is 0. The van der Waals surface area contributed by atoms with E-state index in [2.05, 4.69) is 0 Å². The molecule has 1 fully saturated rings. The van der Waals surface area contributed by atoms with Crippen LogP contribution in [0.15, 0.2) is 54.6 Å². The zero-order chi connectivity index (χ0) is 17.8. The number of hydrogen-bond donors (Lipinski definition) is 3. The van der Waals surface area contributed by atoms with Gasteiger partial charge in [-0.05, 0) is 23.3 Å². The first-order valence-electron chi connectivity index (χ1n) is 7.73. The number of ether oxygens (including phenoxy) is 3. The maximum atomic E-state index is 10.0. The van der Waals surface area contributed by atoms with Crippen LogP contribution in [0.5, 0.6) is 5.75 Å². The summed E-state index contributed by atoms with van der Waals surface area (Å²) in [5, 5.41) is 29.7. The fourth-order valence-corrected chi connectivity index (χ4v) is 2.57. The van der Waals surface area contributed by atoms with Crippen molar-refractivity contribution >= 4 is 0 Å². The van der Waals surface area contributed by atoms with E-state index in [-0.39, 0.29) is 0 Å². The Morgan fingerprint density at radius 1 is 0.800 bits per heavy atom. The quantitative estimate of drug-likeness (QED) is 0.718. The fourth-order valence-electron chi connectivity index (χ4n) is 2.57. The number of terminal acetylenes is 1. The molecule has 2 aromatic rings. The molecule has 6 heteroatoms. The van der Waals surface area contributed by atoms with Gasteiger partial charge in [-0.25, -0.2) is 0 Å². The van der Waals surface area contributed by atoms with E-state index in [9.17, 15) is 15.3 Å². The van der Waals surface area contributed by atoms with Crippen molar-refractivity contribution in [3.8, 4) is 29.4 Å². The van der Waals surface area contributed by atoms with Crippen LogP contribution in [0.4, 0.5) is 0 Å². The second-order valence-electron chi connectivity index (χ2n) is 5.59. The molecule has 0 aliphatic carbocycles. The lowest BCUT2D eigenvalue weighted by Gasteiger charge is -2.38. The first-order valence-corrected chi connectivity index (χ1v) is 7.73. The number of benzene rings is 2. The van der Waals surface area contributed by atoms with Crippen molar-refractivity contribution in [3.63, 3.8) is 0 Å². The van der Waals surface area contributed by atoms with E-state index >= 15 is 0 Å². The zero-order valence-electron chi connectivity index (χ0n) is 13.2. The van der Waals surface area contributed by atoms with Crippen molar-refractivity contribution in [3.05, 3.63) is 54.6 Å². The molecule has 0 aromatic heterocycles. The van der Waals surface area contributed by atoms with Crippen LogP contribution in [0.25, 0.3) is 11.1 Å². The summed E-state index contributed by atoms with van der Waals surface area (Å²) in [6.45, 7) is 0. The first-order chi connectivity index (χ1) is 12.1. The summed E-state index contributed by atoms with van der Waals surface area (Å²) in [5.74, 6) is 0.423. The molecule has 0 radical (unpaired) electrons. The molecule has 25 heavy (non-hydrogen) atoms. The third-order valence-corrected chi connectivity index (χ3v) is 3.92. The second kappa shape index (κ2) is 7.55. The van der Waals surface area contributed by atoms with Gasteiger partial charge >= 0.3 is 0 Å². The summed E-state index contributed by atoms with van der Waals surface area (Å²) in [5.41, 5.74) is 2.06. The van der Waals surface area contributed by atoms with E-state index in [1.165, 1.54) is 0 Å². The summed E-state index contributed by atoms with van der Waals surface area (Å²) in [6, 6.07) is 17.0. The molecule has 2 aromatic carbocycles. The third kappa shape index (κ3) is 3.76. The second-order valence-corrected chi connectivity index (χ2v) is 5.59. The minimum atomic E-state index is -1.51. The average molecular weight is 348 g/mol. The molecule has 1 aliphatic rings. The molecule has 5 atom stereocenters. The molecule has 3 N–H and O–H groups in total. The van der Waals surface area contributed by atoms with Crippen LogP contribution in [0.1, 0.15) is 0 Å². The summed E-state index contributed by atoms with van der Waals surface area (Å²) < 4.78 is 15.6. The van der Waals surface area contributed by atoms with E-state index < -0.39 is 30.9 Å². The number of aliphatic hydroxyl groups is 3. The lowest BCUT2D eigenvalue weighted by Crippen LogP contribution is -2.59. The predicted octanol–water partition coefficient (Wildman–Crippen LogP) is 1.10. The minimum absolute atomic E-state index is 0.423. The maximum absolute atomic E-state index is 10.0. The van der Waals surface area contributed by atoms with Gasteiger partial charge in [0.2, 0.25) is 12.6 Å². The van der Waals surface area contributed by atoms with Gasteiger partial charge in [0.05, 0.1) is 0 Å². The minimum Gasteiger partial charge on any atom is -0.462 e. The summed E-state index contributed by atoms with van der Waals surface area (Å²) in [6.07, 6.45) is -0.0784. The van der Waals surface area contributed by atoms with E-state index in [0.29, 0.717) is 5.75 Å². The van der Waals surface area contributed by atoms with Gasteiger partial charge in [0.25, 0.3) is 0 Å². The highest BCUT2D eigenvalue weighted by molar-refractivity contribution is 5.63. The molecule has 130 valence electrons. The van der Waals surface area contributed by atoms with Crippen molar-refractivity contribution in [2.24, 2.45) is 0 Å². The van der Waals surface area contributed by atoms with Crippen molar-refractivity contribution in [2.45, 2.75) is 30.9 Å². The van der Waals surface area contributed by atoms with E-state index in [4.69, 9.17) is 20.6 Å². The molecule has 6 nitrogen and oxygen atoms in total. The molecule has 0 bridgehead atoms. The Balaban J connectivity index is 1.72. The monoisotopic (exact) mass is 348 g/mol. The molecular formula is C19H18O6. The first kappa shape index (κ1) is 17.3. The Bertz CT molecular complexity index is 724. The van der Waals surface area contributed by atoms with Gasteiger partial charge in [-0.1, -0.05) is 48.9 Å². The highest BCUT2D eigenvalue weighted by Gasteiger charge is 2.46. The molecule has 0 spiro atoms. The highest BCUT2D eigenvalue weighted by Crippen LogP contribution is 2.27. The number of aliphatic hydroxyl groups excluding tert-OH is 3. The zero-order valence-corrected chi connectivity index (χ0v) is 13.2. The lowest BCUT2D eigenvalue weighted by atomic mass is 10.0. The molecule has 0 unspecified atom stereocenters. The maximum Gasteiger partial charge on any atom is 0.242 e. The van der Waals surface area contributed by atoms with Gasteiger partial charge in [-0.15, -0.1) is 0 Å². The molecule has 1 saturated heterocycles. The van der Waals surface area contributed by atoms with E-state index in [1.54, 1.807) is 12.1 Å². The Kier molecular flexibility index (Phi) is 5.22. The van der Waals surface area contributed by atoms with Crippen molar-refractivity contribution in [2.75, 3.05) is 0 Å². The number of rotatable bonds is 4. The van der Waals surface area contributed by atoms with Gasteiger partial charge in [0, 0.05) is 0 Å². The van der Waals surface area contributed by atoms with Crippen LogP contribution in [0.2, 0.25) is 0 Å². The largest absolute Gasteiger partial charge is 0.462 e. The topological polar surface area (TPSA) is 88.4 Å². The Hall–Kier alpha value is -2.56.